The lowest BCUT2D eigenvalue weighted by molar-refractivity contribution is 0.0697. The normalized spacial score (nSPS) is 23.0. The molecule has 2 unspecified atom stereocenters. The molecule has 0 heterocycles. The standard InChI is InChI=1S/C13H16BrNO3/c1-18-9-6-5-8(7-9)15-11-4-2-3-10(14)12(11)13(16)17/h2-4,8-9,15H,5-7H2,1H3,(H,16,17). The summed E-state index contributed by atoms with van der Waals surface area (Å²) in [7, 11) is 1.72. The van der Waals surface area contributed by atoms with Crippen molar-refractivity contribution in [1.82, 2.24) is 0 Å². The third-order valence-corrected chi connectivity index (χ3v) is 3.97. The minimum absolute atomic E-state index is 0.280. The molecule has 1 saturated carbocycles. The van der Waals surface area contributed by atoms with Crippen LogP contribution in [0.4, 0.5) is 5.69 Å². The monoisotopic (exact) mass is 313 g/mol. The molecule has 0 amide bonds. The number of carbonyl (C=O) groups is 1. The summed E-state index contributed by atoms with van der Waals surface area (Å²) in [6, 6.07) is 5.65. The van der Waals surface area contributed by atoms with E-state index in [1.807, 2.05) is 6.07 Å². The molecule has 0 saturated heterocycles. The van der Waals surface area contributed by atoms with Gasteiger partial charge in [0.2, 0.25) is 0 Å². The third-order valence-electron chi connectivity index (χ3n) is 3.30. The molecule has 5 heteroatoms. The van der Waals surface area contributed by atoms with E-state index in [0.29, 0.717) is 15.7 Å². The van der Waals surface area contributed by atoms with Crippen LogP contribution in [0.2, 0.25) is 0 Å². The highest BCUT2D eigenvalue weighted by molar-refractivity contribution is 9.10. The van der Waals surface area contributed by atoms with Crippen LogP contribution in [0.25, 0.3) is 0 Å². The zero-order valence-corrected chi connectivity index (χ0v) is 11.7. The Morgan fingerprint density at radius 2 is 2.28 bits per heavy atom. The van der Waals surface area contributed by atoms with Gasteiger partial charge in [0.1, 0.15) is 0 Å². The largest absolute Gasteiger partial charge is 0.478 e. The Kier molecular flexibility index (Phi) is 4.24. The van der Waals surface area contributed by atoms with E-state index >= 15 is 0 Å². The number of benzene rings is 1. The molecular formula is C13H16BrNO3. The van der Waals surface area contributed by atoms with E-state index in [1.165, 1.54) is 0 Å². The Morgan fingerprint density at radius 3 is 2.89 bits per heavy atom. The number of aromatic carboxylic acids is 1. The van der Waals surface area contributed by atoms with Crippen molar-refractivity contribution >= 4 is 27.6 Å². The predicted octanol–water partition coefficient (Wildman–Crippen LogP) is 3.13. The number of halogens is 1. The van der Waals surface area contributed by atoms with Crippen LogP contribution in [0.15, 0.2) is 22.7 Å². The second kappa shape index (κ2) is 5.71. The van der Waals surface area contributed by atoms with Gasteiger partial charge in [-0.25, -0.2) is 4.79 Å². The van der Waals surface area contributed by atoms with Crippen molar-refractivity contribution < 1.29 is 14.6 Å². The summed E-state index contributed by atoms with van der Waals surface area (Å²) in [5.74, 6) is -0.925. The quantitative estimate of drug-likeness (QED) is 0.896. The molecule has 0 aromatic heterocycles. The van der Waals surface area contributed by atoms with Crippen LogP contribution in [0, 0.1) is 0 Å². The first-order valence-corrected chi connectivity index (χ1v) is 6.72. The smallest absolute Gasteiger partial charge is 0.338 e. The maximum atomic E-state index is 11.2. The highest BCUT2D eigenvalue weighted by atomic mass is 79.9. The molecule has 18 heavy (non-hydrogen) atoms. The van der Waals surface area contributed by atoms with Crippen molar-refractivity contribution in [3.63, 3.8) is 0 Å². The predicted molar refractivity (Wildman–Crippen MR) is 73.2 cm³/mol. The molecule has 1 aliphatic carbocycles. The number of hydrogen-bond acceptors (Lipinski definition) is 3. The van der Waals surface area contributed by atoms with Gasteiger partial charge in [-0.05, 0) is 47.3 Å². The van der Waals surface area contributed by atoms with Crippen LogP contribution in [0.5, 0.6) is 0 Å². The van der Waals surface area contributed by atoms with Crippen molar-refractivity contribution in [2.24, 2.45) is 0 Å². The Hall–Kier alpha value is -1.07. The van der Waals surface area contributed by atoms with Gasteiger partial charge in [0.05, 0.1) is 17.4 Å². The number of nitrogens with one attached hydrogen (secondary N) is 1. The summed E-state index contributed by atoms with van der Waals surface area (Å²) in [6.45, 7) is 0. The molecule has 2 atom stereocenters. The van der Waals surface area contributed by atoms with Crippen LogP contribution in [0.1, 0.15) is 29.6 Å². The van der Waals surface area contributed by atoms with E-state index in [4.69, 9.17) is 4.74 Å². The highest BCUT2D eigenvalue weighted by Crippen LogP contribution is 2.29. The van der Waals surface area contributed by atoms with E-state index in [1.54, 1.807) is 19.2 Å². The van der Waals surface area contributed by atoms with Crippen molar-refractivity contribution in [2.75, 3.05) is 12.4 Å². The van der Waals surface area contributed by atoms with Crippen LogP contribution in [0.3, 0.4) is 0 Å². The average Bonchev–Trinajstić information content (AvgIpc) is 2.76. The zero-order valence-electron chi connectivity index (χ0n) is 10.1. The number of rotatable bonds is 4. The zero-order chi connectivity index (χ0) is 13.1. The Balaban J connectivity index is 2.15. The Labute approximate surface area is 114 Å². The van der Waals surface area contributed by atoms with Crippen LogP contribution >= 0.6 is 15.9 Å². The van der Waals surface area contributed by atoms with E-state index in [9.17, 15) is 9.90 Å². The van der Waals surface area contributed by atoms with Gasteiger partial charge >= 0.3 is 5.97 Å². The molecule has 1 aromatic carbocycles. The van der Waals surface area contributed by atoms with E-state index < -0.39 is 5.97 Å². The van der Waals surface area contributed by atoms with E-state index in [-0.39, 0.29) is 12.1 Å². The number of methoxy groups -OCH3 is 1. The van der Waals surface area contributed by atoms with Crippen molar-refractivity contribution in [1.29, 1.82) is 0 Å². The molecule has 2 rings (SSSR count). The second-order valence-electron chi connectivity index (χ2n) is 4.48. The van der Waals surface area contributed by atoms with Crippen molar-refractivity contribution in [2.45, 2.75) is 31.4 Å². The van der Waals surface area contributed by atoms with Gasteiger partial charge in [-0.15, -0.1) is 0 Å². The summed E-state index contributed by atoms with van der Waals surface area (Å²) in [5, 5.41) is 12.5. The number of hydrogen-bond donors (Lipinski definition) is 2. The van der Waals surface area contributed by atoms with Crippen LogP contribution in [-0.4, -0.2) is 30.3 Å². The van der Waals surface area contributed by atoms with Gasteiger partial charge in [0, 0.05) is 17.6 Å². The summed E-state index contributed by atoms with van der Waals surface area (Å²) in [5.41, 5.74) is 0.956. The SMILES string of the molecule is COC1CCC(Nc2cccc(Br)c2C(=O)O)C1. The molecule has 0 aliphatic heterocycles. The molecule has 0 bridgehead atoms. The Bertz CT molecular complexity index is 450. The molecule has 1 aliphatic rings. The third kappa shape index (κ3) is 2.84. The fraction of sp³-hybridized carbons (Fsp3) is 0.462. The first-order valence-electron chi connectivity index (χ1n) is 5.93. The first kappa shape index (κ1) is 13.4. The lowest BCUT2D eigenvalue weighted by Gasteiger charge is -2.16. The fourth-order valence-corrected chi connectivity index (χ4v) is 2.90. The van der Waals surface area contributed by atoms with Crippen molar-refractivity contribution in [3.05, 3.63) is 28.2 Å². The second-order valence-corrected chi connectivity index (χ2v) is 5.33. The maximum Gasteiger partial charge on any atom is 0.338 e. The average molecular weight is 314 g/mol. The maximum absolute atomic E-state index is 11.2. The van der Waals surface area contributed by atoms with Gasteiger partial charge < -0.3 is 15.2 Å². The van der Waals surface area contributed by atoms with Gasteiger partial charge in [0.25, 0.3) is 0 Å². The van der Waals surface area contributed by atoms with Gasteiger partial charge in [0.15, 0.2) is 0 Å². The lowest BCUT2D eigenvalue weighted by Crippen LogP contribution is -2.19. The number of anilines is 1. The van der Waals surface area contributed by atoms with Crippen LogP contribution in [-0.2, 0) is 4.74 Å². The summed E-state index contributed by atoms with van der Waals surface area (Å²) < 4.78 is 5.91. The first-order chi connectivity index (χ1) is 8.61. The molecule has 2 N–H and O–H groups in total. The molecule has 1 fully saturated rings. The molecule has 1 aromatic rings. The van der Waals surface area contributed by atoms with E-state index in [0.717, 1.165) is 19.3 Å². The summed E-state index contributed by atoms with van der Waals surface area (Å²) in [6.07, 6.45) is 3.22. The molecule has 0 radical (unpaired) electrons. The number of carboxylic acid groups (broad SMARTS) is 1. The van der Waals surface area contributed by atoms with Crippen LogP contribution < -0.4 is 5.32 Å². The van der Waals surface area contributed by atoms with Gasteiger partial charge in [-0.1, -0.05) is 6.07 Å². The summed E-state index contributed by atoms with van der Waals surface area (Å²) in [4.78, 5) is 11.2. The molecule has 4 nitrogen and oxygen atoms in total. The summed E-state index contributed by atoms with van der Waals surface area (Å²) >= 11 is 3.28. The lowest BCUT2D eigenvalue weighted by atomic mass is 10.1. The topological polar surface area (TPSA) is 58.6 Å². The minimum atomic E-state index is -0.925. The molecule has 0 spiro atoms. The highest BCUT2D eigenvalue weighted by Gasteiger charge is 2.25. The molecular weight excluding hydrogens is 298 g/mol. The number of ether oxygens (including phenoxy) is 1. The fourth-order valence-electron chi connectivity index (χ4n) is 2.37. The number of carboxylic acids is 1. The Morgan fingerprint density at radius 1 is 1.50 bits per heavy atom. The van der Waals surface area contributed by atoms with Gasteiger partial charge in [-0.2, -0.15) is 0 Å². The van der Waals surface area contributed by atoms with Crippen molar-refractivity contribution in [3.8, 4) is 0 Å². The minimum Gasteiger partial charge on any atom is -0.478 e. The van der Waals surface area contributed by atoms with E-state index in [2.05, 4.69) is 21.2 Å². The molecule has 98 valence electrons. The van der Waals surface area contributed by atoms with Gasteiger partial charge in [-0.3, -0.25) is 0 Å².